The second-order valence-corrected chi connectivity index (χ2v) is 4.64. The average Bonchev–Trinajstić information content (AvgIpc) is 2.74. The largest absolute Gasteiger partial charge is 0.481 e. The number of aliphatic hydroxyl groups excluding tert-OH is 1. The van der Waals surface area contributed by atoms with E-state index < -0.39 is 12.1 Å². The summed E-state index contributed by atoms with van der Waals surface area (Å²) in [5, 5.41) is 18.1. The number of fused-ring (bicyclic) bond motifs is 1. The van der Waals surface area contributed by atoms with E-state index in [0.29, 0.717) is 13.1 Å². The minimum Gasteiger partial charge on any atom is -0.481 e. The van der Waals surface area contributed by atoms with E-state index in [2.05, 4.69) is 0 Å². The van der Waals surface area contributed by atoms with Gasteiger partial charge in [0.15, 0.2) is 11.5 Å². The third-order valence-electron chi connectivity index (χ3n) is 2.82. The van der Waals surface area contributed by atoms with E-state index in [1.807, 2.05) is 30.1 Å². The predicted octanol–water partition coefficient (Wildman–Crippen LogP) is 0.683. The molecule has 1 heterocycles. The molecule has 1 aliphatic rings. The van der Waals surface area contributed by atoms with Crippen molar-refractivity contribution in [3.63, 3.8) is 0 Å². The number of likely N-dealkylation sites (N-methyl/N-ethyl adjacent to an activating group) is 1. The second-order valence-electron chi connectivity index (χ2n) is 4.64. The van der Waals surface area contributed by atoms with Crippen LogP contribution >= 0.6 is 0 Å². The quantitative estimate of drug-likeness (QED) is 0.789. The van der Waals surface area contributed by atoms with Crippen LogP contribution < -0.4 is 9.47 Å². The average molecular weight is 267 g/mol. The summed E-state index contributed by atoms with van der Waals surface area (Å²) >= 11 is 0. The summed E-state index contributed by atoms with van der Waals surface area (Å²) < 4.78 is 10.5. The minimum atomic E-state index is -0.996. The number of rotatable bonds is 6. The smallest absolute Gasteiger partial charge is 0.306 e. The molecule has 1 atom stereocenters. The number of carboxylic acid groups (broad SMARTS) is 1. The van der Waals surface area contributed by atoms with Crippen molar-refractivity contribution in [2.24, 2.45) is 0 Å². The number of ether oxygens (including phenoxy) is 2. The SMILES string of the molecule is CN(Cc1ccc2c(c1)OCO2)CC(O)CC(=O)O. The first-order valence-corrected chi connectivity index (χ1v) is 6.01. The lowest BCUT2D eigenvalue weighted by molar-refractivity contribution is -0.139. The van der Waals surface area contributed by atoms with Gasteiger partial charge in [-0.25, -0.2) is 0 Å². The third-order valence-corrected chi connectivity index (χ3v) is 2.82. The third kappa shape index (κ3) is 3.84. The highest BCUT2D eigenvalue weighted by Crippen LogP contribution is 2.32. The van der Waals surface area contributed by atoms with Crippen LogP contribution in [0.25, 0.3) is 0 Å². The van der Waals surface area contributed by atoms with Gasteiger partial charge in [-0.15, -0.1) is 0 Å². The fourth-order valence-electron chi connectivity index (χ4n) is 2.04. The molecule has 104 valence electrons. The molecule has 1 aliphatic heterocycles. The van der Waals surface area contributed by atoms with E-state index in [1.54, 1.807) is 0 Å². The standard InChI is InChI=1S/C13H17NO5/c1-14(7-10(15)5-13(16)17)6-9-2-3-11-12(4-9)19-8-18-11/h2-4,10,15H,5-8H2,1H3,(H,16,17). The van der Waals surface area contributed by atoms with E-state index in [1.165, 1.54) is 0 Å². The molecule has 0 amide bonds. The van der Waals surface area contributed by atoms with E-state index in [4.69, 9.17) is 14.6 Å². The van der Waals surface area contributed by atoms with Crippen molar-refractivity contribution in [1.29, 1.82) is 0 Å². The highest BCUT2D eigenvalue weighted by atomic mass is 16.7. The number of aliphatic carboxylic acids is 1. The Balaban J connectivity index is 1.88. The summed E-state index contributed by atoms with van der Waals surface area (Å²) in [7, 11) is 1.83. The first kappa shape index (κ1) is 13.6. The van der Waals surface area contributed by atoms with Crippen molar-refractivity contribution < 1.29 is 24.5 Å². The number of hydrogen-bond acceptors (Lipinski definition) is 5. The topological polar surface area (TPSA) is 79.2 Å². The Morgan fingerprint density at radius 3 is 2.89 bits per heavy atom. The van der Waals surface area contributed by atoms with E-state index >= 15 is 0 Å². The van der Waals surface area contributed by atoms with Crippen LogP contribution in [-0.2, 0) is 11.3 Å². The Kier molecular flexibility index (Phi) is 4.24. The van der Waals surface area contributed by atoms with Gasteiger partial charge < -0.3 is 19.7 Å². The van der Waals surface area contributed by atoms with Crippen LogP contribution in [0.2, 0.25) is 0 Å². The number of carboxylic acids is 1. The van der Waals surface area contributed by atoms with E-state index in [0.717, 1.165) is 17.1 Å². The number of nitrogens with zero attached hydrogens (tertiary/aromatic N) is 1. The molecule has 2 N–H and O–H groups in total. The van der Waals surface area contributed by atoms with Crippen LogP contribution in [0.4, 0.5) is 0 Å². The Morgan fingerprint density at radius 1 is 1.42 bits per heavy atom. The molecule has 1 aromatic carbocycles. The van der Waals surface area contributed by atoms with Crippen LogP contribution in [0.1, 0.15) is 12.0 Å². The molecule has 0 radical (unpaired) electrons. The van der Waals surface area contributed by atoms with Crippen LogP contribution in [-0.4, -0.2) is 47.6 Å². The lowest BCUT2D eigenvalue weighted by Crippen LogP contribution is -2.30. The molecular formula is C13H17NO5. The summed E-state index contributed by atoms with van der Waals surface area (Å²) in [6.45, 7) is 1.15. The van der Waals surface area contributed by atoms with Gasteiger partial charge in [0, 0.05) is 13.1 Å². The molecule has 0 aliphatic carbocycles. The first-order valence-electron chi connectivity index (χ1n) is 6.01. The zero-order valence-corrected chi connectivity index (χ0v) is 10.7. The fraction of sp³-hybridized carbons (Fsp3) is 0.462. The number of carbonyl (C=O) groups is 1. The molecule has 0 saturated carbocycles. The van der Waals surface area contributed by atoms with Crippen molar-refractivity contribution >= 4 is 5.97 Å². The van der Waals surface area contributed by atoms with Gasteiger partial charge in [-0.2, -0.15) is 0 Å². The van der Waals surface area contributed by atoms with Gasteiger partial charge in [-0.05, 0) is 24.7 Å². The Morgan fingerprint density at radius 2 is 2.16 bits per heavy atom. The summed E-state index contributed by atoms with van der Waals surface area (Å²) in [6.07, 6.45) is -1.11. The molecule has 0 bridgehead atoms. The van der Waals surface area contributed by atoms with Crippen LogP contribution in [0, 0.1) is 0 Å². The van der Waals surface area contributed by atoms with Crippen molar-refractivity contribution in [2.45, 2.75) is 19.1 Å². The van der Waals surface area contributed by atoms with Gasteiger partial charge in [-0.3, -0.25) is 9.69 Å². The maximum absolute atomic E-state index is 10.5. The van der Waals surface area contributed by atoms with E-state index in [9.17, 15) is 9.90 Å². The maximum Gasteiger partial charge on any atom is 0.306 e. The number of hydrogen-bond donors (Lipinski definition) is 2. The van der Waals surface area contributed by atoms with Gasteiger partial charge in [0.25, 0.3) is 0 Å². The van der Waals surface area contributed by atoms with Crippen LogP contribution in [0.3, 0.4) is 0 Å². The molecule has 1 unspecified atom stereocenters. The minimum absolute atomic E-state index is 0.242. The van der Waals surface area contributed by atoms with Crippen LogP contribution in [0.5, 0.6) is 11.5 Å². The predicted molar refractivity (Wildman–Crippen MR) is 67.2 cm³/mol. The van der Waals surface area contributed by atoms with Gasteiger partial charge in [0.2, 0.25) is 6.79 Å². The zero-order valence-electron chi connectivity index (χ0n) is 10.7. The maximum atomic E-state index is 10.5. The van der Waals surface area contributed by atoms with Gasteiger partial charge in [0.05, 0.1) is 12.5 Å². The monoisotopic (exact) mass is 267 g/mol. The Hall–Kier alpha value is -1.79. The van der Waals surface area contributed by atoms with Gasteiger partial charge >= 0.3 is 5.97 Å². The number of aliphatic hydroxyl groups is 1. The molecule has 0 aromatic heterocycles. The Labute approximate surface area is 111 Å². The first-order chi connectivity index (χ1) is 9.04. The lowest BCUT2D eigenvalue weighted by Gasteiger charge is -2.19. The molecule has 0 fully saturated rings. The van der Waals surface area contributed by atoms with Gasteiger partial charge in [-0.1, -0.05) is 6.07 Å². The lowest BCUT2D eigenvalue weighted by atomic mass is 10.1. The van der Waals surface area contributed by atoms with Crippen molar-refractivity contribution in [2.75, 3.05) is 20.4 Å². The summed E-state index contributed by atoms with van der Waals surface area (Å²) in [6, 6.07) is 5.66. The summed E-state index contributed by atoms with van der Waals surface area (Å²) in [5.41, 5.74) is 1.02. The highest BCUT2D eigenvalue weighted by molar-refractivity contribution is 5.67. The van der Waals surface area contributed by atoms with Crippen molar-refractivity contribution in [1.82, 2.24) is 4.90 Å². The Bertz CT molecular complexity index is 462. The highest BCUT2D eigenvalue weighted by Gasteiger charge is 2.15. The molecule has 6 heteroatoms. The molecule has 6 nitrogen and oxygen atoms in total. The molecule has 0 saturated heterocycles. The van der Waals surface area contributed by atoms with Crippen molar-refractivity contribution in [3.05, 3.63) is 23.8 Å². The summed E-state index contributed by atoms with van der Waals surface area (Å²) in [5.74, 6) is 0.457. The molecule has 0 spiro atoms. The fourth-order valence-corrected chi connectivity index (χ4v) is 2.04. The molecular weight excluding hydrogens is 250 g/mol. The number of benzene rings is 1. The normalized spacial score (nSPS) is 14.7. The molecule has 1 aromatic rings. The van der Waals surface area contributed by atoms with E-state index in [-0.39, 0.29) is 13.2 Å². The molecule has 19 heavy (non-hydrogen) atoms. The summed E-state index contributed by atoms with van der Waals surface area (Å²) in [4.78, 5) is 12.3. The second kappa shape index (κ2) is 5.90. The van der Waals surface area contributed by atoms with Gasteiger partial charge in [0.1, 0.15) is 0 Å². The zero-order chi connectivity index (χ0) is 13.8. The van der Waals surface area contributed by atoms with Crippen molar-refractivity contribution in [3.8, 4) is 11.5 Å². The van der Waals surface area contributed by atoms with Crippen LogP contribution in [0.15, 0.2) is 18.2 Å². The molecule has 2 rings (SSSR count).